The summed E-state index contributed by atoms with van der Waals surface area (Å²) in [5.41, 5.74) is 22.4. The van der Waals surface area contributed by atoms with Crippen molar-refractivity contribution in [3.63, 3.8) is 0 Å². The topological polar surface area (TPSA) is 177 Å². The first-order chi connectivity index (χ1) is 20.6. The highest BCUT2D eigenvalue weighted by molar-refractivity contribution is 9.10. The van der Waals surface area contributed by atoms with E-state index in [1.807, 2.05) is 18.2 Å². The van der Waals surface area contributed by atoms with E-state index in [1.54, 1.807) is 47.6 Å². The minimum absolute atomic E-state index is 0.00290. The van der Waals surface area contributed by atoms with Crippen LogP contribution < -0.4 is 32.3 Å². The third-order valence-corrected chi connectivity index (χ3v) is 8.65. The number of carbonyl (C=O) groups is 2. The van der Waals surface area contributed by atoms with E-state index in [0.29, 0.717) is 33.5 Å². The summed E-state index contributed by atoms with van der Waals surface area (Å²) >= 11 is 6.96. The van der Waals surface area contributed by atoms with Crippen molar-refractivity contribution in [2.75, 3.05) is 28.6 Å². The van der Waals surface area contributed by atoms with E-state index >= 15 is 0 Å². The van der Waals surface area contributed by atoms with Gasteiger partial charge in [0.1, 0.15) is 0 Å². The molecule has 0 aliphatic carbocycles. The average molecular weight is 708 g/mol. The van der Waals surface area contributed by atoms with Crippen LogP contribution in [0.5, 0.6) is 0 Å². The van der Waals surface area contributed by atoms with Gasteiger partial charge in [-0.1, -0.05) is 37.9 Å². The van der Waals surface area contributed by atoms with Gasteiger partial charge in [-0.15, -0.1) is 0 Å². The Morgan fingerprint density at radius 3 is 2.53 bits per heavy atom. The number of rotatable bonds is 5. The molecule has 11 nitrogen and oxygen atoms in total. The number of fused-ring (bicyclic) bond motifs is 2. The highest BCUT2D eigenvalue weighted by Crippen LogP contribution is 2.45. The van der Waals surface area contributed by atoms with E-state index in [1.165, 1.54) is 0 Å². The zero-order valence-corrected chi connectivity index (χ0v) is 26.0. The first-order valence-corrected chi connectivity index (χ1v) is 15.1. The molecule has 2 aliphatic rings. The van der Waals surface area contributed by atoms with Gasteiger partial charge in [0.2, 0.25) is 0 Å². The van der Waals surface area contributed by atoms with Gasteiger partial charge in [-0.25, -0.2) is 9.78 Å². The lowest BCUT2D eigenvalue weighted by atomic mass is 9.95. The van der Waals surface area contributed by atoms with E-state index in [0.717, 1.165) is 34.9 Å². The Balaban J connectivity index is 1.47. The third-order valence-electron chi connectivity index (χ3n) is 7.66. The molecule has 1 fully saturated rings. The fraction of sp³-hybridized carbons (Fsp3) is 0.200. The smallest absolute Gasteiger partial charge is 0.333 e. The summed E-state index contributed by atoms with van der Waals surface area (Å²) < 4.78 is 1.51. The molecule has 2 aromatic heterocycles. The number of anilines is 4. The summed E-state index contributed by atoms with van der Waals surface area (Å²) in [4.78, 5) is 39.2. The average Bonchev–Trinajstić information content (AvgIpc) is 2.98. The van der Waals surface area contributed by atoms with E-state index in [9.17, 15) is 14.7 Å². The standard InChI is InChI=1S/C30H28Br2N8O3/c31-16-4-3-15-10-20(34)27(37-21(15)11-16)29(41)38-26-19-6-5-17(32)12-23(19)40(28(25(26)35)30(42)43)24-13-36-8-7-22(24)39-9-1-2-18(33)14-39/h3-8,10-13,18,28H,1-2,9,14,33-35H2,(H,38,41)(H,42,43)/t18-,28?/m0/s1. The second-order valence-corrected chi connectivity index (χ2v) is 12.4. The number of carboxylic acid groups (broad SMARTS) is 1. The minimum atomic E-state index is -1.36. The number of aliphatic carboxylic acids is 1. The van der Waals surface area contributed by atoms with Crippen LogP contribution in [0.2, 0.25) is 0 Å². The van der Waals surface area contributed by atoms with Crippen molar-refractivity contribution < 1.29 is 14.7 Å². The molecule has 220 valence electrons. The van der Waals surface area contributed by atoms with Crippen LogP contribution in [-0.4, -0.2) is 52.1 Å². The lowest BCUT2D eigenvalue weighted by molar-refractivity contribution is -0.137. The Kier molecular flexibility index (Phi) is 7.71. The fourth-order valence-corrected chi connectivity index (χ4v) is 6.41. The molecule has 4 aromatic rings. The number of benzene rings is 2. The van der Waals surface area contributed by atoms with Crippen molar-refractivity contribution in [2.45, 2.75) is 24.9 Å². The summed E-state index contributed by atoms with van der Waals surface area (Å²) in [6.07, 6.45) is 5.13. The molecule has 8 N–H and O–H groups in total. The number of carboxylic acids is 1. The molecule has 2 aliphatic heterocycles. The molecule has 6 rings (SSSR count). The first kappa shape index (κ1) is 28.9. The van der Waals surface area contributed by atoms with Gasteiger partial charge in [-0.05, 0) is 55.3 Å². The Bertz CT molecular complexity index is 1810. The Labute approximate surface area is 264 Å². The number of nitrogen functional groups attached to an aromatic ring is 1. The van der Waals surface area contributed by atoms with Crippen LogP contribution >= 0.6 is 31.9 Å². The molecule has 0 bridgehead atoms. The number of amides is 1. The number of nitrogens with two attached hydrogens (primary N) is 3. The molecule has 1 amide bonds. The highest BCUT2D eigenvalue weighted by Gasteiger charge is 2.40. The van der Waals surface area contributed by atoms with E-state index in [4.69, 9.17) is 17.2 Å². The van der Waals surface area contributed by atoms with Gasteiger partial charge >= 0.3 is 5.97 Å². The fourth-order valence-electron chi connectivity index (χ4n) is 5.71. The molecular formula is C30H28Br2N8O3. The van der Waals surface area contributed by atoms with Crippen LogP contribution in [0.3, 0.4) is 0 Å². The van der Waals surface area contributed by atoms with E-state index < -0.39 is 17.9 Å². The van der Waals surface area contributed by atoms with Crippen LogP contribution in [0, 0.1) is 0 Å². The number of piperidine rings is 1. The molecule has 43 heavy (non-hydrogen) atoms. The number of carbonyl (C=O) groups excluding carboxylic acids is 1. The number of halogens is 2. The van der Waals surface area contributed by atoms with Crippen LogP contribution in [0.15, 0.2) is 75.6 Å². The van der Waals surface area contributed by atoms with Crippen molar-refractivity contribution in [1.29, 1.82) is 0 Å². The Hall–Kier alpha value is -4.20. The Morgan fingerprint density at radius 2 is 1.77 bits per heavy atom. The predicted molar refractivity (Wildman–Crippen MR) is 174 cm³/mol. The number of hydrogen-bond donors (Lipinski definition) is 5. The van der Waals surface area contributed by atoms with Gasteiger partial charge in [0, 0.05) is 45.2 Å². The predicted octanol–water partition coefficient (Wildman–Crippen LogP) is 4.33. The van der Waals surface area contributed by atoms with Gasteiger partial charge in [0.05, 0.1) is 45.9 Å². The molecule has 2 aromatic carbocycles. The first-order valence-electron chi connectivity index (χ1n) is 13.6. The molecule has 4 heterocycles. The van der Waals surface area contributed by atoms with Gasteiger partial charge in [0.25, 0.3) is 5.91 Å². The maximum Gasteiger partial charge on any atom is 0.333 e. The summed E-state index contributed by atoms with van der Waals surface area (Å²) in [5, 5.41) is 14.2. The van der Waals surface area contributed by atoms with Crippen LogP contribution in [0.4, 0.5) is 22.7 Å². The van der Waals surface area contributed by atoms with Crippen molar-refractivity contribution in [3.8, 4) is 0 Å². The molecule has 0 spiro atoms. The number of nitrogens with zero attached hydrogens (tertiary/aromatic N) is 4. The molecule has 1 saturated heterocycles. The van der Waals surface area contributed by atoms with Crippen LogP contribution in [-0.2, 0) is 4.79 Å². The van der Waals surface area contributed by atoms with Crippen molar-refractivity contribution in [2.24, 2.45) is 11.5 Å². The van der Waals surface area contributed by atoms with E-state index in [2.05, 4.69) is 52.0 Å². The van der Waals surface area contributed by atoms with Gasteiger partial charge in [-0.2, -0.15) is 0 Å². The van der Waals surface area contributed by atoms with Gasteiger partial charge in [0.15, 0.2) is 11.7 Å². The summed E-state index contributed by atoms with van der Waals surface area (Å²) in [7, 11) is 0. The van der Waals surface area contributed by atoms with Gasteiger partial charge < -0.3 is 37.4 Å². The van der Waals surface area contributed by atoms with Crippen LogP contribution in [0.1, 0.15) is 28.9 Å². The molecule has 0 radical (unpaired) electrons. The summed E-state index contributed by atoms with van der Waals surface area (Å²) in [6.45, 7) is 1.39. The lowest BCUT2D eigenvalue weighted by Gasteiger charge is -2.41. The highest BCUT2D eigenvalue weighted by atomic mass is 79.9. The second kappa shape index (κ2) is 11.5. The number of aromatic nitrogens is 2. The molecular weight excluding hydrogens is 680 g/mol. The largest absolute Gasteiger partial charge is 0.479 e. The maximum absolute atomic E-state index is 13.7. The number of pyridine rings is 2. The quantitative estimate of drug-likeness (QED) is 0.201. The van der Waals surface area contributed by atoms with Crippen LogP contribution in [0.25, 0.3) is 16.6 Å². The molecule has 2 atom stereocenters. The number of hydrogen-bond acceptors (Lipinski definition) is 9. The molecule has 1 unspecified atom stereocenters. The summed E-state index contributed by atoms with van der Waals surface area (Å²) in [6, 6.07) is 13.0. The zero-order valence-electron chi connectivity index (χ0n) is 22.8. The van der Waals surface area contributed by atoms with E-state index in [-0.39, 0.29) is 28.8 Å². The third kappa shape index (κ3) is 5.39. The minimum Gasteiger partial charge on any atom is -0.479 e. The Morgan fingerprint density at radius 1 is 1.00 bits per heavy atom. The SMILES string of the molecule is NC1=C(NC(=O)c2nc3cc(Br)ccc3cc2N)c2ccc(Br)cc2N(c2cnccc2N2CCC[C@H](N)C2)C1C(=O)O. The monoisotopic (exact) mass is 706 g/mol. The van der Waals surface area contributed by atoms with Crippen molar-refractivity contribution in [1.82, 2.24) is 15.3 Å². The van der Waals surface area contributed by atoms with Gasteiger partial charge in [-0.3, -0.25) is 9.78 Å². The summed E-state index contributed by atoms with van der Waals surface area (Å²) in [5.74, 6) is -1.82. The molecule has 0 saturated carbocycles. The maximum atomic E-state index is 13.7. The normalized spacial score (nSPS) is 18.5. The van der Waals surface area contributed by atoms with Crippen molar-refractivity contribution in [3.05, 3.63) is 86.8 Å². The lowest BCUT2D eigenvalue weighted by Crippen LogP contribution is -2.48. The second-order valence-electron chi connectivity index (χ2n) is 10.5. The molecule has 13 heteroatoms. The number of nitrogens with one attached hydrogen (secondary N) is 1. The zero-order chi connectivity index (χ0) is 30.4. The van der Waals surface area contributed by atoms with Crippen molar-refractivity contribution >= 4 is 83.1 Å².